The van der Waals surface area contributed by atoms with Gasteiger partial charge in [-0.25, -0.2) is 0 Å². The molecule has 0 bridgehead atoms. The molecule has 0 fully saturated rings. The monoisotopic (exact) mass is 353 g/mol. The summed E-state index contributed by atoms with van der Waals surface area (Å²) in [7, 11) is 0. The maximum atomic E-state index is 12.5. The van der Waals surface area contributed by atoms with Crippen LogP contribution >= 0.6 is 0 Å². The van der Waals surface area contributed by atoms with Gasteiger partial charge >= 0.3 is 12.6 Å². The number of alkyl halides is 2. The van der Waals surface area contributed by atoms with E-state index in [0.717, 1.165) is 5.56 Å². The predicted molar refractivity (Wildman–Crippen MR) is 83.8 cm³/mol. The smallest absolute Gasteiger partial charge is 0.387 e. The van der Waals surface area contributed by atoms with Crippen molar-refractivity contribution in [2.75, 3.05) is 0 Å². The first-order valence-corrected chi connectivity index (χ1v) is 7.39. The summed E-state index contributed by atoms with van der Waals surface area (Å²) in [6, 6.07) is 4.65. The zero-order valence-electron chi connectivity index (χ0n) is 13.6. The van der Waals surface area contributed by atoms with Crippen molar-refractivity contribution in [2.45, 2.75) is 33.4 Å². The van der Waals surface area contributed by atoms with E-state index in [1.165, 1.54) is 12.3 Å². The number of ether oxygens (including phenoxy) is 1. The molecule has 2 N–H and O–H groups in total. The zero-order valence-corrected chi connectivity index (χ0v) is 13.6. The summed E-state index contributed by atoms with van der Waals surface area (Å²) < 4.78 is 34.5. The van der Waals surface area contributed by atoms with Crippen molar-refractivity contribution in [1.82, 2.24) is 5.32 Å². The molecule has 25 heavy (non-hydrogen) atoms. The van der Waals surface area contributed by atoms with Crippen LogP contribution < -0.4 is 10.1 Å². The lowest BCUT2D eigenvalue weighted by molar-refractivity contribution is -0.136. The van der Waals surface area contributed by atoms with E-state index < -0.39 is 24.9 Å². The number of carbonyl (C=O) groups is 2. The number of aryl methyl sites for hydroxylation is 2. The summed E-state index contributed by atoms with van der Waals surface area (Å²) in [5.41, 5.74) is 1.82. The van der Waals surface area contributed by atoms with Gasteiger partial charge in [0.15, 0.2) is 0 Å². The number of hydrogen-bond acceptors (Lipinski definition) is 4. The molecule has 0 spiro atoms. The molecule has 134 valence electrons. The van der Waals surface area contributed by atoms with Crippen LogP contribution in [-0.4, -0.2) is 23.6 Å². The Kier molecular flexibility index (Phi) is 5.74. The van der Waals surface area contributed by atoms with Crippen molar-refractivity contribution >= 4 is 11.9 Å². The summed E-state index contributed by atoms with van der Waals surface area (Å²) in [4.78, 5) is 23.2. The highest BCUT2D eigenvalue weighted by Gasteiger charge is 2.21. The van der Waals surface area contributed by atoms with E-state index in [9.17, 15) is 18.4 Å². The molecule has 1 aromatic carbocycles. The van der Waals surface area contributed by atoms with Crippen molar-refractivity contribution in [1.29, 1.82) is 0 Å². The third-order valence-electron chi connectivity index (χ3n) is 3.46. The molecule has 8 heteroatoms. The van der Waals surface area contributed by atoms with Gasteiger partial charge in [0.05, 0.1) is 11.8 Å². The van der Waals surface area contributed by atoms with Crippen molar-refractivity contribution in [3.05, 3.63) is 52.5 Å². The lowest BCUT2D eigenvalue weighted by Gasteiger charge is -2.12. The maximum absolute atomic E-state index is 12.5. The Morgan fingerprint density at radius 1 is 1.32 bits per heavy atom. The SMILES string of the molecule is Cc1ccc(OC(F)F)c(CNC(=O)c2c(C)coc2CC(=O)O)c1. The number of aliphatic carboxylic acids is 1. The van der Waals surface area contributed by atoms with Crippen LogP contribution in [0.1, 0.15) is 32.8 Å². The minimum atomic E-state index is -2.98. The minimum absolute atomic E-state index is 0.0319. The van der Waals surface area contributed by atoms with E-state index in [2.05, 4.69) is 10.1 Å². The van der Waals surface area contributed by atoms with Crippen LogP contribution in [0.25, 0.3) is 0 Å². The van der Waals surface area contributed by atoms with E-state index in [1.807, 2.05) is 0 Å². The average Bonchev–Trinajstić information content (AvgIpc) is 2.86. The molecule has 2 rings (SSSR count). The van der Waals surface area contributed by atoms with E-state index in [-0.39, 0.29) is 23.6 Å². The van der Waals surface area contributed by atoms with Gasteiger partial charge in [-0.1, -0.05) is 17.7 Å². The Morgan fingerprint density at radius 2 is 2.04 bits per heavy atom. The molecule has 0 aliphatic carbocycles. The fourth-order valence-electron chi connectivity index (χ4n) is 2.39. The number of amides is 1. The van der Waals surface area contributed by atoms with Crippen LogP contribution in [0, 0.1) is 13.8 Å². The van der Waals surface area contributed by atoms with Gasteiger partial charge in [0.1, 0.15) is 17.9 Å². The van der Waals surface area contributed by atoms with Gasteiger partial charge in [-0.3, -0.25) is 9.59 Å². The summed E-state index contributed by atoms with van der Waals surface area (Å²) >= 11 is 0. The summed E-state index contributed by atoms with van der Waals surface area (Å²) in [5, 5.41) is 11.4. The molecule has 0 aliphatic rings. The normalized spacial score (nSPS) is 10.8. The summed E-state index contributed by atoms with van der Waals surface area (Å²) in [6.45, 7) is 0.361. The number of carboxylic acids is 1. The quantitative estimate of drug-likeness (QED) is 0.799. The van der Waals surface area contributed by atoms with Gasteiger partial charge < -0.3 is 19.6 Å². The lowest BCUT2D eigenvalue weighted by atomic mass is 10.1. The molecule has 0 radical (unpaired) electrons. The van der Waals surface area contributed by atoms with E-state index in [4.69, 9.17) is 9.52 Å². The molecule has 1 heterocycles. The first-order chi connectivity index (χ1) is 11.8. The zero-order chi connectivity index (χ0) is 18.6. The molecule has 0 atom stereocenters. The molecule has 0 saturated carbocycles. The molecule has 0 unspecified atom stereocenters. The van der Waals surface area contributed by atoms with Gasteiger partial charge in [0.25, 0.3) is 5.91 Å². The maximum Gasteiger partial charge on any atom is 0.387 e. The minimum Gasteiger partial charge on any atom is -0.481 e. The van der Waals surface area contributed by atoms with Gasteiger partial charge in [-0.15, -0.1) is 0 Å². The largest absolute Gasteiger partial charge is 0.481 e. The van der Waals surface area contributed by atoms with E-state index in [1.54, 1.807) is 26.0 Å². The van der Waals surface area contributed by atoms with Gasteiger partial charge in [-0.05, 0) is 19.9 Å². The van der Waals surface area contributed by atoms with Gasteiger partial charge in [0, 0.05) is 17.7 Å². The third-order valence-corrected chi connectivity index (χ3v) is 3.46. The van der Waals surface area contributed by atoms with Crippen LogP contribution in [0.15, 0.2) is 28.9 Å². The number of nitrogens with one attached hydrogen (secondary N) is 1. The number of rotatable bonds is 7. The highest BCUT2D eigenvalue weighted by molar-refractivity contribution is 5.97. The lowest BCUT2D eigenvalue weighted by Crippen LogP contribution is -2.25. The number of carbonyl (C=O) groups excluding carboxylic acids is 1. The van der Waals surface area contributed by atoms with Crippen molar-refractivity contribution in [2.24, 2.45) is 0 Å². The standard InChI is InChI=1S/C17H17F2NO5/c1-9-3-4-12(25-17(18)19)11(5-9)7-20-16(23)15-10(2)8-24-13(15)6-14(21)22/h3-5,8,17H,6-7H2,1-2H3,(H,20,23)(H,21,22). The Balaban J connectivity index is 2.17. The molecule has 2 aromatic rings. The molecular weight excluding hydrogens is 336 g/mol. The molecule has 0 saturated heterocycles. The first kappa shape index (κ1) is 18.4. The van der Waals surface area contributed by atoms with Crippen LogP contribution in [0.5, 0.6) is 5.75 Å². The number of benzene rings is 1. The fraction of sp³-hybridized carbons (Fsp3) is 0.294. The number of furan rings is 1. The fourth-order valence-corrected chi connectivity index (χ4v) is 2.39. The number of carboxylic acid groups (broad SMARTS) is 1. The van der Waals surface area contributed by atoms with Gasteiger partial charge in [0.2, 0.25) is 0 Å². The Morgan fingerprint density at radius 3 is 2.68 bits per heavy atom. The van der Waals surface area contributed by atoms with Crippen molar-refractivity contribution in [3.8, 4) is 5.75 Å². The highest BCUT2D eigenvalue weighted by atomic mass is 19.3. The molecule has 0 aliphatic heterocycles. The van der Waals surface area contributed by atoms with Crippen molar-refractivity contribution < 1.29 is 32.6 Å². The van der Waals surface area contributed by atoms with E-state index in [0.29, 0.717) is 11.1 Å². The number of hydrogen-bond donors (Lipinski definition) is 2. The molecule has 1 aromatic heterocycles. The third kappa shape index (κ3) is 4.79. The second kappa shape index (κ2) is 7.78. The topological polar surface area (TPSA) is 88.8 Å². The molecular formula is C17H17F2NO5. The van der Waals surface area contributed by atoms with Gasteiger partial charge in [-0.2, -0.15) is 8.78 Å². The second-order valence-corrected chi connectivity index (χ2v) is 5.46. The second-order valence-electron chi connectivity index (χ2n) is 5.46. The first-order valence-electron chi connectivity index (χ1n) is 7.39. The Hall–Kier alpha value is -2.90. The van der Waals surface area contributed by atoms with Crippen LogP contribution in [-0.2, 0) is 17.8 Å². The predicted octanol–water partition coefficient (Wildman–Crippen LogP) is 3.05. The van der Waals surface area contributed by atoms with Crippen molar-refractivity contribution in [3.63, 3.8) is 0 Å². The van der Waals surface area contributed by atoms with Crippen LogP contribution in [0.4, 0.5) is 8.78 Å². The molecule has 1 amide bonds. The molecule has 6 nitrogen and oxygen atoms in total. The summed E-state index contributed by atoms with van der Waals surface area (Å²) in [6.07, 6.45) is 0.867. The summed E-state index contributed by atoms with van der Waals surface area (Å²) in [5.74, 6) is -1.67. The van der Waals surface area contributed by atoms with Crippen LogP contribution in [0.3, 0.4) is 0 Å². The van der Waals surface area contributed by atoms with E-state index >= 15 is 0 Å². The highest BCUT2D eigenvalue weighted by Crippen LogP contribution is 2.23. The van der Waals surface area contributed by atoms with Crippen LogP contribution in [0.2, 0.25) is 0 Å². The Bertz CT molecular complexity index is 785. The number of halogens is 2. The Labute approximate surface area is 142 Å². The average molecular weight is 353 g/mol.